The average molecular weight is 790 g/mol. The number of phenols is 1. The molecule has 0 aliphatic rings. The molecule has 0 saturated carbocycles. The summed E-state index contributed by atoms with van der Waals surface area (Å²) in [6, 6.07) is 16.2. The Labute approximate surface area is 331 Å². The number of rotatable bonds is 21. The number of benzene rings is 3. The zero-order valence-corrected chi connectivity index (χ0v) is 32.3. The molecule has 0 unspecified atom stereocenters. The van der Waals surface area contributed by atoms with Crippen molar-refractivity contribution in [3.8, 4) is 11.5 Å². The molecule has 16 heteroatoms. The van der Waals surface area contributed by atoms with Gasteiger partial charge in [0.2, 0.25) is 29.5 Å². The SMILES string of the molecule is COC(=O)[C@@H](Cc1ccc(OCC=C(C)C)cc1)NC(=O)[C@@H](CO)NC(=O)[C@@H](Cc1ccc(O)cc1)NC(=O)CNC(=O)[C@H](C)NC(=O)[C@@H](O)Cc1ccccc1. The zero-order chi connectivity index (χ0) is 41.9. The van der Waals surface area contributed by atoms with Gasteiger partial charge in [-0.25, -0.2) is 4.79 Å². The quantitative estimate of drug-likeness (QED) is 0.0542. The Morgan fingerprint density at radius 3 is 1.84 bits per heavy atom. The molecular formula is C41H51N5O11. The van der Waals surface area contributed by atoms with Crippen molar-refractivity contribution < 1.29 is 53.6 Å². The van der Waals surface area contributed by atoms with Crippen LogP contribution < -0.4 is 31.3 Å². The van der Waals surface area contributed by atoms with Gasteiger partial charge in [-0.2, -0.15) is 0 Å². The number of carbonyl (C=O) groups excluding carboxylic acids is 6. The number of methoxy groups -OCH3 is 1. The minimum atomic E-state index is -1.56. The Bertz CT molecular complexity index is 1830. The van der Waals surface area contributed by atoms with Crippen molar-refractivity contribution in [2.24, 2.45) is 0 Å². The molecule has 0 aromatic heterocycles. The van der Waals surface area contributed by atoms with Crippen LogP contribution in [0.3, 0.4) is 0 Å². The highest BCUT2D eigenvalue weighted by Crippen LogP contribution is 2.15. The summed E-state index contributed by atoms with van der Waals surface area (Å²) in [5, 5.41) is 42.3. The molecule has 0 bridgehead atoms. The number of aliphatic hydroxyl groups excluding tert-OH is 2. The standard InChI is InChI=1S/C41H51N5O11/c1-25(2)18-19-57-31-16-12-29(13-17-31)21-33(41(55)56-4)45-39(53)34(24-47)46-38(52)32(20-28-10-14-30(48)15-11-28)44-36(50)23-42-37(51)26(3)43-40(54)35(49)22-27-8-6-5-7-9-27/h5-18,26,32-35,47-49H,19-24H2,1-4H3,(H,42,51)(H,43,54)(H,44,50)(H,45,53)(H,46,52)/t26-,32+,33+,34+,35-/m0/s1. The van der Waals surface area contributed by atoms with Crippen LogP contribution in [0.1, 0.15) is 37.5 Å². The van der Waals surface area contributed by atoms with Gasteiger partial charge in [-0.05, 0) is 67.8 Å². The third-order valence-electron chi connectivity index (χ3n) is 8.50. The van der Waals surface area contributed by atoms with Crippen LogP contribution in [-0.4, -0.2) is 108 Å². The van der Waals surface area contributed by atoms with E-state index >= 15 is 0 Å². The summed E-state index contributed by atoms with van der Waals surface area (Å²) >= 11 is 0. The third kappa shape index (κ3) is 15.8. The maximum atomic E-state index is 13.6. The lowest BCUT2D eigenvalue weighted by molar-refractivity contribution is -0.145. The fourth-order valence-electron chi connectivity index (χ4n) is 5.28. The lowest BCUT2D eigenvalue weighted by Crippen LogP contribution is -2.58. The molecule has 0 fully saturated rings. The smallest absolute Gasteiger partial charge is 0.328 e. The first kappa shape index (κ1) is 45.1. The summed E-state index contributed by atoms with van der Waals surface area (Å²) in [4.78, 5) is 77.7. The fraction of sp³-hybridized carbons (Fsp3) is 0.366. The molecule has 3 aromatic rings. The Balaban J connectivity index is 1.63. The Morgan fingerprint density at radius 1 is 0.684 bits per heavy atom. The number of hydrogen-bond acceptors (Lipinski definition) is 11. The molecule has 0 aliphatic heterocycles. The highest BCUT2D eigenvalue weighted by molar-refractivity contribution is 5.95. The number of phenolic OH excluding ortho intramolecular Hbond substituents is 1. The maximum absolute atomic E-state index is 13.6. The van der Waals surface area contributed by atoms with Crippen molar-refractivity contribution in [1.82, 2.24) is 26.6 Å². The van der Waals surface area contributed by atoms with Crippen LogP contribution in [0.2, 0.25) is 0 Å². The highest BCUT2D eigenvalue weighted by Gasteiger charge is 2.30. The number of esters is 1. The molecule has 5 atom stereocenters. The maximum Gasteiger partial charge on any atom is 0.328 e. The van der Waals surface area contributed by atoms with Crippen LogP contribution in [0.5, 0.6) is 11.5 Å². The number of carbonyl (C=O) groups is 6. The van der Waals surface area contributed by atoms with E-state index in [0.29, 0.717) is 23.5 Å². The number of nitrogens with one attached hydrogen (secondary N) is 5. The first-order valence-corrected chi connectivity index (χ1v) is 18.2. The molecule has 8 N–H and O–H groups in total. The van der Waals surface area contributed by atoms with Crippen molar-refractivity contribution >= 4 is 35.5 Å². The molecule has 5 amide bonds. The molecule has 0 radical (unpaired) electrons. The molecule has 0 saturated heterocycles. The van der Waals surface area contributed by atoms with E-state index in [-0.39, 0.29) is 25.0 Å². The van der Waals surface area contributed by atoms with Gasteiger partial charge in [0.1, 0.15) is 48.4 Å². The van der Waals surface area contributed by atoms with Gasteiger partial charge in [0, 0.05) is 19.3 Å². The summed E-state index contributed by atoms with van der Waals surface area (Å²) in [6.45, 7) is 4.17. The second-order valence-corrected chi connectivity index (χ2v) is 13.4. The van der Waals surface area contributed by atoms with E-state index in [1.54, 1.807) is 54.6 Å². The van der Waals surface area contributed by atoms with Gasteiger partial charge in [0.25, 0.3) is 0 Å². The monoisotopic (exact) mass is 789 g/mol. The number of aromatic hydroxyl groups is 1. The lowest BCUT2D eigenvalue weighted by Gasteiger charge is -2.24. The largest absolute Gasteiger partial charge is 0.508 e. The summed E-state index contributed by atoms with van der Waals surface area (Å²) in [7, 11) is 1.15. The van der Waals surface area contributed by atoms with Crippen LogP contribution >= 0.6 is 0 Å². The number of hydrogen-bond donors (Lipinski definition) is 8. The van der Waals surface area contributed by atoms with Crippen molar-refractivity contribution in [3.63, 3.8) is 0 Å². The normalized spacial score (nSPS) is 13.3. The van der Waals surface area contributed by atoms with Gasteiger partial charge in [0.05, 0.1) is 20.3 Å². The third-order valence-corrected chi connectivity index (χ3v) is 8.50. The summed E-state index contributed by atoms with van der Waals surface area (Å²) < 4.78 is 10.5. The van der Waals surface area contributed by atoms with Crippen LogP contribution in [0.25, 0.3) is 0 Å². The van der Waals surface area contributed by atoms with E-state index in [9.17, 15) is 44.1 Å². The molecule has 0 aliphatic carbocycles. The Kier molecular flexibility index (Phi) is 18.2. The second kappa shape index (κ2) is 23.0. The van der Waals surface area contributed by atoms with Crippen molar-refractivity contribution in [2.75, 3.05) is 26.9 Å². The second-order valence-electron chi connectivity index (χ2n) is 13.4. The van der Waals surface area contributed by atoms with Gasteiger partial charge in [0.15, 0.2) is 0 Å². The van der Waals surface area contributed by atoms with Gasteiger partial charge in [-0.3, -0.25) is 24.0 Å². The van der Waals surface area contributed by atoms with Crippen molar-refractivity contribution in [1.29, 1.82) is 0 Å². The number of ether oxygens (including phenoxy) is 2. The fourth-order valence-corrected chi connectivity index (χ4v) is 5.28. The van der Waals surface area contributed by atoms with E-state index in [1.807, 2.05) is 19.9 Å². The molecule has 3 rings (SSSR count). The van der Waals surface area contributed by atoms with Gasteiger partial charge in [-0.15, -0.1) is 0 Å². The lowest BCUT2D eigenvalue weighted by atomic mass is 10.0. The first-order chi connectivity index (χ1) is 27.2. The van der Waals surface area contributed by atoms with Crippen molar-refractivity contribution in [2.45, 2.75) is 70.3 Å². The summed E-state index contributed by atoms with van der Waals surface area (Å²) in [6.07, 6.45) is 0.416. The van der Waals surface area contributed by atoms with E-state index in [0.717, 1.165) is 18.2 Å². The van der Waals surface area contributed by atoms with Crippen LogP contribution in [0, 0.1) is 0 Å². The minimum absolute atomic E-state index is 0.0145. The minimum Gasteiger partial charge on any atom is -0.508 e. The Morgan fingerprint density at radius 2 is 1.25 bits per heavy atom. The predicted octanol–water partition coefficient (Wildman–Crippen LogP) is 0.367. The summed E-state index contributed by atoms with van der Waals surface area (Å²) in [5.41, 5.74) is 2.99. The molecule has 16 nitrogen and oxygen atoms in total. The highest BCUT2D eigenvalue weighted by atomic mass is 16.5. The number of amides is 5. The predicted molar refractivity (Wildman–Crippen MR) is 209 cm³/mol. The van der Waals surface area contributed by atoms with Crippen LogP contribution in [0.15, 0.2) is 90.5 Å². The van der Waals surface area contributed by atoms with Gasteiger partial charge < -0.3 is 51.4 Å². The molecule has 306 valence electrons. The van der Waals surface area contributed by atoms with Gasteiger partial charge >= 0.3 is 5.97 Å². The average Bonchev–Trinajstić information content (AvgIpc) is 3.19. The van der Waals surface area contributed by atoms with E-state index in [4.69, 9.17) is 9.47 Å². The van der Waals surface area contributed by atoms with E-state index in [2.05, 4.69) is 26.6 Å². The first-order valence-electron chi connectivity index (χ1n) is 18.2. The molecule has 0 spiro atoms. The summed E-state index contributed by atoms with van der Waals surface area (Å²) in [5.74, 6) is -4.35. The van der Waals surface area contributed by atoms with E-state index < -0.39 is 78.9 Å². The molecule has 57 heavy (non-hydrogen) atoms. The Hall–Kier alpha value is -6.26. The van der Waals surface area contributed by atoms with Crippen molar-refractivity contribution in [3.05, 3.63) is 107 Å². The number of allylic oxidation sites excluding steroid dienone is 1. The molecular weight excluding hydrogens is 738 g/mol. The topological polar surface area (TPSA) is 242 Å². The van der Waals surface area contributed by atoms with Crippen LogP contribution in [-0.2, 0) is 52.8 Å². The molecule has 0 heterocycles. The molecule has 3 aromatic carbocycles. The zero-order valence-electron chi connectivity index (χ0n) is 32.3. The van der Waals surface area contributed by atoms with E-state index in [1.165, 1.54) is 31.2 Å². The number of aliphatic hydroxyl groups is 2. The van der Waals surface area contributed by atoms with Crippen LogP contribution in [0.4, 0.5) is 0 Å². The van der Waals surface area contributed by atoms with Gasteiger partial charge in [-0.1, -0.05) is 60.2 Å².